The molecule has 0 radical (unpaired) electrons. The first kappa shape index (κ1) is 20.7. The van der Waals surface area contributed by atoms with Gasteiger partial charge in [-0.2, -0.15) is 0 Å². The van der Waals surface area contributed by atoms with Crippen molar-refractivity contribution in [2.45, 2.75) is 18.9 Å². The van der Waals surface area contributed by atoms with E-state index in [4.69, 9.17) is 21.3 Å². The molecule has 0 amide bonds. The van der Waals surface area contributed by atoms with Crippen molar-refractivity contribution in [3.8, 4) is 34.1 Å². The molecular formula is C25H22ClFN4O. The van der Waals surface area contributed by atoms with Crippen molar-refractivity contribution in [3.63, 3.8) is 0 Å². The number of hydrogen-bond acceptors (Lipinski definition) is 4. The molecular weight excluding hydrogens is 427 g/mol. The van der Waals surface area contributed by atoms with Crippen LogP contribution in [-0.4, -0.2) is 27.6 Å². The lowest BCUT2D eigenvalue weighted by Gasteiger charge is -2.26. The van der Waals surface area contributed by atoms with Crippen LogP contribution in [0.1, 0.15) is 18.9 Å². The summed E-state index contributed by atoms with van der Waals surface area (Å²) in [5.41, 5.74) is 3.60. The third-order valence-electron chi connectivity index (χ3n) is 5.66. The zero-order valence-electron chi connectivity index (χ0n) is 17.3. The van der Waals surface area contributed by atoms with Gasteiger partial charge in [0.25, 0.3) is 0 Å². The average Bonchev–Trinajstić information content (AvgIpc) is 3.27. The molecule has 162 valence electrons. The Kier molecular flexibility index (Phi) is 5.88. The number of ether oxygens (including phenoxy) is 1. The molecule has 2 aromatic carbocycles. The van der Waals surface area contributed by atoms with Crippen LogP contribution in [0, 0.1) is 5.82 Å². The van der Waals surface area contributed by atoms with Crippen LogP contribution in [0.25, 0.3) is 22.5 Å². The van der Waals surface area contributed by atoms with Crippen molar-refractivity contribution in [1.29, 1.82) is 0 Å². The summed E-state index contributed by atoms with van der Waals surface area (Å²) in [6.45, 7) is 1.94. The van der Waals surface area contributed by atoms with Gasteiger partial charge in [-0.25, -0.2) is 14.4 Å². The van der Waals surface area contributed by atoms with Gasteiger partial charge in [0.05, 0.1) is 17.7 Å². The quantitative estimate of drug-likeness (QED) is 0.399. The smallest absolute Gasteiger partial charge is 0.219 e. The zero-order valence-corrected chi connectivity index (χ0v) is 18.1. The molecule has 0 aliphatic carbocycles. The van der Waals surface area contributed by atoms with Gasteiger partial charge >= 0.3 is 0 Å². The molecule has 0 atom stereocenters. The number of nitrogens with one attached hydrogen (secondary N) is 1. The van der Waals surface area contributed by atoms with E-state index in [1.165, 1.54) is 12.1 Å². The highest BCUT2D eigenvalue weighted by molar-refractivity contribution is 6.30. The van der Waals surface area contributed by atoms with E-state index in [-0.39, 0.29) is 5.82 Å². The van der Waals surface area contributed by atoms with Crippen molar-refractivity contribution in [1.82, 2.24) is 19.9 Å². The Bertz CT molecular complexity index is 1200. The number of rotatable bonds is 5. The fourth-order valence-electron chi connectivity index (χ4n) is 4.06. The van der Waals surface area contributed by atoms with Gasteiger partial charge < -0.3 is 14.6 Å². The Morgan fingerprint density at radius 3 is 2.44 bits per heavy atom. The summed E-state index contributed by atoms with van der Waals surface area (Å²) in [4.78, 5) is 9.11. The van der Waals surface area contributed by atoms with Gasteiger partial charge in [-0.05, 0) is 80.5 Å². The molecule has 0 saturated carbocycles. The number of hydrogen-bond donors (Lipinski definition) is 1. The summed E-state index contributed by atoms with van der Waals surface area (Å²) in [6.07, 6.45) is 5.66. The maximum absolute atomic E-state index is 13.5. The molecule has 1 aliphatic rings. The molecule has 5 rings (SSSR count). The second-order valence-electron chi connectivity index (χ2n) is 7.78. The number of pyridine rings is 1. The Balaban J connectivity index is 1.57. The van der Waals surface area contributed by atoms with Crippen LogP contribution in [0.3, 0.4) is 0 Å². The Labute approximate surface area is 190 Å². The molecule has 32 heavy (non-hydrogen) atoms. The van der Waals surface area contributed by atoms with E-state index >= 15 is 0 Å². The van der Waals surface area contributed by atoms with Crippen molar-refractivity contribution in [3.05, 3.63) is 84.0 Å². The molecule has 0 spiro atoms. The summed E-state index contributed by atoms with van der Waals surface area (Å²) in [5, 5.41) is 4.06. The number of benzene rings is 2. The summed E-state index contributed by atoms with van der Waals surface area (Å²) < 4.78 is 21.7. The molecule has 5 nitrogen and oxygen atoms in total. The number of imidazole rings is 1. The van der Waals surface area contributed by atoms with Gasteiger partial charge in [0.1, 0.15) is 11.6 Å². The van der Waals surface area contributed by atoms with E-state index in [0.717, 1.165) is 48.4 Å². The second-order valence-corrected chi connectivity index (χ2v) is 8.21. The van der Waals surface area contributed by atoms with E-state index in [0.29, 0.717) is 22.7 Å². The van der Waals surface area contributed by atoms with Crippen LogP contribution in [0.15, 0.2) is 73.2 Å². The Hall–Kier alpha value is -3.22. The SMILES string of the molecule is Fc1ccc(-c2ncn(C3CCNCC3)c2-c2ccnc(Oc3ccc(Cl)cc3)c2)cc1. The van der Waals surface area contributed by atoms with Crippen molar-refractivity contribution in [2.75, 3.05) is 13.1 Å². The lowest BCUT2D eigenvalue weighted by molar-refractivity contribution is 0.370. The van der Waals surface area contributed by atoms with Crippen LogP contribution in [0.2, 0.25) is 5.02 Å². The van der Waals surface area contributed by atoms with E-state index in [2.05, 4.69) is 14.9 Å². The van der Waals surface area contributed by atoms with E-state index in [9.17, 15) is 4.39 Å². The third-order valence-corrected chi connectivity index (χ3v) is 5.91. The Morgan fingerprint density at radius 2 is 1.69 bits per heavy atom. The lowest BCUT2D eigenvalue weighted by atomic mass is 10.0. The molecule has 1 aliphatic heterocycles. The standard InChI is InChI=1S/C25H22ClFN4O/c26-19-3-7-22(8-4-19)32-23-15-18(9-14-29-23)25-24(17-1-5-20(27)6-2-17)30-16-31(25)21-10-12-28-13-11-21/h1-9,14-16,21,28H,10-13H2. The first-order valence-electron chi connectivity index (χ1n) is 10.6. The van der Waals surface area contributed by atoms with E-state index in [1.807, 2.05) is 18.5 Å². The van der Waals surface area contributed by atoms with Crippen molar-refractivity contribution in [2.24, 2.45) is 0 Å². The van der Waals surface area contributed by atoms with Crippen LogP contribution in [0.4, 0.5) is 4.39 Å². The number of aromatic nitrogens is 3. The number of piperidine rings is 1. The predicted molar refractivity (Wildman–Crippen MR) is 124 cm³/mol. The van der Waals surface area contributed by atoms with Crippen LogP contribution in [-0.2, 0) is 0 Å². The monoisotopic (exact) mass is 448 g/mol. The fourth-order valence-corrected chi connectivity index (χ4v) is 4.19. The maximum atomic E-state index is 13.5. The highest BCUT2D eigenvalue weighted by Crippen LogP contribution is 2.36. The molecule has 2 aromatic heterocycles. The molecule has 4 aromatic rings. The number of nitrogens with zero attached hydrogens (tertiary/aromatic N) is 3. The second kappa shape index (κ2) is 9.10. The minimum atomic E-state index is -0.268. The summed E-state index contributed by atoms with van der Waals surface area (Å²) in [6, 6.07) is 17.8. The summed E-state index contributed by atoms with van der Waals surface area (Å²) >= 11 is 5.98. The highest BCUT2D eigenvalue weighted by atomic mass is 35.5. The maximum Gasteiger partial charge on any atom is 0.219 e. The normalized spacial score (nSPS) is 14.4. The van der Waals surface area contributed by atoms with Crippen LogP contribution in [0.5, 0.6) is 11.6 Å². The fraction of sp³-hybridized carbons (Fsp3) is 0.200. The van der Waals surface area contributed by atoms with Crippen molar-refractivity contribution < 1.29 is 9.13 Å². The van der Waals surface area contributed by atoms with Gasteiger partial charge in [-0.15, -0.1) is 0 Å². The minimum Gasteiger partial charge on any atom is -0.439 e. The first-order chi connectivity index (χ1) is 15.7. The first-order valence-corrected chi connectivity index (χ1v) is 11.0. The largest absolute Gasteiger partial charge is 0.439 e. The van der Waals surface area contributed by atoms with Crippen LogP contribution >= 0.6 is 11.6 Å². The summed E-state index contributed by atoms with van der Waals surface area (Å²) in [5.74, 6) is 0.869. The lowest BCUT2D eigenvalue weighted by Crippen LogP contribution is -2.29. The molecule has 0 unspecified atom stereocenters. The van der Waals surface area contributed by atoms with E-state index in [1.54, 1.807) is 42.6 Å². The third kappa shape index (κ3) is 4.38. The Morgan fingerprint density at radius 1 is 0.938 bits per heavy atom. The number of halogens is 2. The molecule has 1 N–H and O–H groups in total. The average molecular weight is 449 g/mol. The topological polar surface area (TPSA) is 52.0 Å². The van der Waals surface area contributed by atoms with Gasteiger partial charge in [0.2, 0.25) is 5.88 Å². The summed E-state index contributed by atoms with van der Waals surface area (Å²) in [7, 11) is 0. The van der Waals surface area contributed by atoms with E-state index < -0.39 is 0 Å². The molecule has 1 fully saturated rings. The molecule has 3 heterocycles. The van der Waals surface area contributed by atoms with Gasteiger partial charge in [-0.1, -0.05) is 11.6 Å². The predicted octanol–water partition coefficient (Wildman–Crippen LogP) is 6.12. The highest BCUT2D eigenvalue weighted by Gasteiger charge is 2.23. The minimum absolute atomic E-state index is 0.268. The van der Waals surface area contributed by atoms with Crippen molar-refractivity contribution >= 4 is 11.6 Å². The molecule has 7 heteroatoms. The van der Waals surface area contributed by atoms with Crippen LogP contribution < -0.4 is 10.1 Å². The molecule has 0 bridgehead atoms. The molecule has 1 saturated heterocycles. The zero-order chi connectivity index (χ0) is 21.9. The van der Waals surface area contributed by atoms with Gasteiger partial charge in [0.15, 0.2) is 0 Å². The van der Waals surface area contributed by atoms with Gasteiger partial charge in [-0.3, -0.25) is 0 Å². The van der Waals surface area contributed by atoms with Gasteiger partial charge in [0, 0.05) is 34.5 Å².